The number of nitrogens with two attached hydrogens (primary N) is 1. The molecular weight excluding hydrogens is 194 g/mol. The standard InChI is InChI=1S/C7H15NO4S/c1-5(4-13(2,11)12)3-6(8)7(9)10/h5-6H,3-4,8H2,1-2H3,(H,9,10). The lowest BCUT2D eigenvalue weighted by molar-refractivity contribution is -0.138. The molecule has 6 heteroatoms. The molecule has 0 saturated heterocycles. The Labute approximate surface area is 77.8 Å². The number of hydrogen-bond donors (Lipinski definition) is 2. The molecule has 0 aliphatic rings. The van der Waals surface area contributed by atoms with Gasteiger partial charge in [0.25, 0.3) is 0 Å². The monoisotopic (exact) mass is 209 g/mol. The molecule has 0 radical (unpaired) electrons. The first-order valence-corrected chi connectivity index (χ1v) is 5.94. The number of aliphatic carboxylic acids is 1. The molecule has 0 aliphatic carbocycles. The first-order chi connectivity index (χ1) is 5.72. The summed E-state index contributed by atoms with van der Waals surface area (Å²) in [5, 5.41) is 8.45. The Morgan fingerprint density at radius 1 is 1.54 bits per heavy atom. The van der Waals surface area contributed by atoms with Gasteiger partial charge in [0.2, 0.25) is 0 Å². The summed E-state index contributed by atoms with van der Waals surface area (Å²) >= 11 is 0. The highest BCUT2D eigenvalue weighted by Gasteiger charge is 2.18. The van der Waals surface area contributed by atoms with Crippen LogP contribution in [0.25, 0.3) is 0 Å². The van der Waals surface area contributed by atoms with Crippen molar-refractivity contribution in [1.82, 2.24) is 0 Å². The highest BCUT2D eigenvalue weighted by Crippen LogP contribution is 2.07. The van der Waals surface area contributed by atoms with Crippen molar-refractivity contribution in [3.63, 3.8) is 0 Å². The van der Waals surface area contributed by atoms with Crippen LogP contribution in [0.2, 0.25) is 0 Å². The fourth-order valence-corrected chi connectivity index (χ4v) is 2.29. The van der Waals surface area contributed by atoms with Gasteiger partial charge in [-0.2, -0.15) is 0 Å². The first kappa shape index (κ1) is 12.4. The molecule has 0 heterocycles. The fraction of sp³-hybridized carbons (Fsp3) is 0.857. The molecule has 2 unspecified atom stereocenters. The van der Waals surface area contributed by atoms with E-state index in [0.717, 1.165) is 6.26 Å². The van der Waals surface area contributed by atoms with Gasteiger partial charge in [0.15, 0.2) is 0 Å². The van der Waals surface area contributed by atoms with E-state index < -0.39 is 21.8 Å². The maximum absolute atomic E-state index is 10.8. The molecule has 2 atom stereocenters. The molecule has 0 fully saturated rings. The molecule has 0 aliphatic heterocycles. The van der Waals surface area contributed by atoms with Crippen molar-refractivity contribution >= 4 is 15.8 Å². The Bertz CT molecular complexity index is 272. The van der Waals surface area contributed by atoms with E-state index in [4.69, 9.17) is 10.8 Å². The van der Waals surface area contributed by atoms with Gasteiger partial charge in [0.05, 0.1) is 5.75 Å². The van der Waals surface area contributed by atoms with Crippen LogP contribution in [0.1, 0.15) is 13.3 Å². The number of carbonyl (C=O) groups is 1. The molecule has 0 saturated carbocycles. The largest absolute Gasteiger partial charge is 0.480 e. The number of carboxylic acid groups (broad SMARTS) is 1. The van der Waals surface area contributed by atoms with Crippen LogP contribution in [0.5, 0.6) is 0 Å². The second-order valence-electron chi connectivity index (χ2n) is 3.38. The lowest BCUT2D eigenvalue weighted by Gasteiger charge is -2.12. The van der Waals surface area contributed by atoms with Crippen molar-refractivity contribution in [1.29, 1.82) is 0 Å². The average molecular weight is 209 g/mol. The normalized spacial score (nSPS) is 16.5. The van der Waals surface area contributed by atoms with Crippen molar-refractivity contribution in [3.8, 4) is 0 Å². The van der Waals surface area contributed by atoms with Gasteiger partial charge >= 0.3 is 5.97 Å². The maximum atomic E-state index is 10.8. The van der Waals surface area contributed by atoms with Gasteiger partial charge in [0.1, 0.15) is 15.9 Å². The second-order valence-corrected chi connectivity index (χ2v) is 5.56. The summed E-state index contributed by atoms with van der Waals surface area (Å²) in [5.41, 5.74) is 5.24. The molecular formula is C7H15NO4S. The number of sulfone groups is 1. The van der Waals surface area contributed by atoms with E-state index in [9.17, 15) is 13.2 Å². The lowest BCUT2D eigenvalue weighted by Crippen LogP contribution is -2.33. The molecule has 78 valence electrons. The van der Waals surface area contributed by atoms with Crippen LogP contribution in [0.15, 0.2) is 0 Å². The van der Waals surface area contributed by atoms with Crippen molar-refractivity contribution < 1.29 is 18.3 Å². The van der Waals surface area contributed by atoms with Crippen LogP contribution >= 0.6 is 0 Å². The van der Waals surface area contributed by atoms with E-state index in [0.29, 0.717) is 0 Å². The zero-order valence-electron chi connectivity index (χ0n) is 7.73. The number of carboxylic acids is 1. The van der Waals surface area contributed by atoms with Crippen molar-refractivity contribution in [2.45, 2.75) is 19.4 Å². The Hall–Kier alpha value is -0.620. The molecule has 0 spiro atoms. The summed E-state index contributed by atoms with van der Waals surface area (Å²) in [6.45, 7) is 1.67. The van der Waals surface area contributed by atoms with E-state index >= 15 is 0 Å². The van der Waals surface area contributed by atoms with Crippen LogP contribution < -0.4 is 5.73 Å². The summed E-state index contributed by atoms with van der Waals surface area (Å²) in [4.78, 5) is 10.3. The van der Waals surface area contributed by atoms with Crippen LogP contribution in [-0.2, 0) is 14.6 Å². The minimum absolute atomic E-state index is 0.0199. The van der Waals surface area contributed by atoms with Gasteiger partial charge in [-0.3, -0.25) is 4.79 Å². The van der Waals surface area contributed by atoms with Crippen LogP contribution in [0.3, 0.4) is 0 Å². The Balaban J connectivity index is 4.02. The van der Waals surface area contributed by atoms with E-state index in [1.807, 2.05) is 0 Å². The number of rotatable bonds is 5. The van der Waals surface area contributed by atoms with E-state index in [2.05, 4.69) is 0 Å². The molecule has 0 amide bonds. The fourth-order valence-electron chi connectivity index (χ4n) is 1.12. The summed E-state index contributed by atoms with van der Waals surface area (Å²) in [7, 11) is -3.04. The van der Waals surface area contributed by atoms with Crippen LogP contribution in [0.4, 0.5) is 0 Å². The molecule has 13 heavy (non-hydrogen) atoms. The zero-order valence-corrected chi connectivity index (χ0v) is 8.54. The summed E-state index contributed by atoms with van der Waals surface area (Å²) in [6.07, 6.45) is 1.30. The smallest absolute Gasteiger partial charge is 0.320 e. The Kier molecular flexibility index (Phi) is 4.35. The van der Waals surface area contributed by atoms with Gasteiger partial charge < -0.3 is 10.8 Å². The van der Waals surface area contributed by atoms with Gasteiger partial charge in [0, 0.05) is 6.26 Å². The van der Waals surface area contributed by atoms with Gasteiger partial charge in [-0.25, -0.2) is 8.42 Å². The SMILES string of the molecule is CC(CC(N)C(=O)O)CS(C)(=O)=O. The van der Waals surface area contributed by atoms with Gasteiger partial charge in [-0.05, 0) is 12.3 Å². The number of hydrogen-bond acceptors (Lipinski definition) is 4. The quantitative estimate of drug-likeness (QED) is 0.634. The lowest BCUT2D eigenvalue weighted by atomic mass is 10.0. The third-order valence-corrected chi connectivity index (χ3v) is 2.74. The molecule has 5 nitrogen and oxygen atoms in total. The highest BCUT2D eigenvalue weighted by molar-refractivity contribution is 7.90. The summed E-state index contributed by atoms with van der Waals surface area (Å²) < 4.78 is 21.6. The summed E-state index contributed by atoms with van der Waals surface area (Å²) in [6, 6.07) is -0.975. The summed E-state index contributed by atoms with van der Waals surface area (Å²) in [5.74, 6) is -1.34. The Morgan fingerprint density at radius 2 is 2.00 bits per heavy atom. The molecule has 0 rings (SSSR count). The van der Waals surface area contributed by atoms with E-state index in [1.165, 1.54) is 0 Å². The molecule has 0 aromatic rings. The van der Waals surface area contributed by atoms with E-state index in [1.54, 1.807) is 6.92 Å². The zero-order chi connectivity index (χ0) is 10.6. The first-order valence-electron chi connectivity index (χ1n) is 3.88. The van der Waals surface area contributed by atoms with Gasteiger partial charge in [-0.1, -0.05) is 6.92 Å². The average Bonchev–Trinajstić information content (AvgIpc) is 1.81. The topological polar surface area (TPSA) is 97.5 Å². The molecule has 0 aromatic heterocycles. The van der Waals surface area contributed by atoms with Crippen LogP contribution in [0, 0.1) is 5.92 Å². The highest BCUT2D eigenvalue weighted by atomic mass is 32.2. The molecule has 0 aromatic carbocycles. The van der Waals surface area contributed by atoms with Crippen molar-refractivity contribution in [3.05, 3.63) is 0 Å². The second kappa shape index (κ2) is 4.57. The minimum Gasteiger partial charge on any atom is -0.480 e. The maximum Gasteiger partial charge on any atom is 0.320 e. The van der Waals surface area contributed by atoms with Crippen molar-refractivity contribution in [2.24, 2.45) is 11.7 Å². The van der Waals surface area contributed by atoms with Crippen molar-refractivity contribution in [2.75, 3.05) is 12.0 Å². The molecule has 0 bridgehead atoms. The minimum atomic E-state index is -3.04. The Morgan fingerprint density at radius 3 is 2.31 bits per heavy atom. The molecule has 3 N–H and O–H groups in total. The predicted molar refractivity (Wildman–Crippen MR) is 49.1 cm³/mol. The van der Waals surface area contributed by atoms with Crippen LogP contribution in [-0.4, -0.2) is 37.5 Å². The van der Waals surface area contributed by atoms with E-state index in [-0.39, 0.29) is 18.1 Å². The third-order valence-electron chi connectivity index (χ3n) is 1.56. The van der Waals surface area contributed by atoms with Gasteiger partial charge in [-0.15, -0.1) is 0 Å². The predicted octanol–water partition coefficient (Wildman–Crippen LogP) is -0.531. The third kappa shape index (κ3) is 6.53.